The molecule has 2 aromatic heterocycles. The van der Waals surface area contributed by atoms with E-state index in [1.807, 2.05) is 30.3 Å². The van der Waals surface area contributed by atoms with Crippen LogP contribution in [0.4, 0.5) is 0 Å². The van der Waals surface area contributed by atoms with Gasteiger partial charge >= 0.3 is 0 Å². The van der Waals surface area contributed by atoms with Crippen molar-refractivity contribution in [3.05, 3.63) is 90.3 Å². The highest BCUT2D eigenvalue weighted by molar-refractivity contribution is 5.91. The smallest absolute Gasteiger partial charge is 0.244 e. The number of rotatable bonds is 6. The molecular formula is C19H17NO4. The second kappa shape index (κ2) is 7.02. The normalized spacial score (nSPS) is 13.7. The zero-order chi connectivity index (χ0) is 16.8. The van der Waals surface area contributed by atoms with E-state index in [0.717, 1.165) is 5.56 Å². The van der Waals surface area contributed by atoms with Gasteiger partial charge in [0.05, 0.1) is 25.3 Å². The van der Waals surface area contributed by atoms with E-state index in [1.54, 1.807) is 24.3 Å². The maximum absolute atomic E-state index is 12.0. The highest BCUT2D eigenvalue weighted by Crippen LogP contribution is 2.29. The lowest BCUT2D eigenvalue weighted by Crippen LogP contribution is -2.40. The predicted molar refractivity (Wildman–Crippen MR) is 88.9 cm³/mol. The van der Waals surface area contributed by atoms with Crippen molar-refractivity contribution >= 4 is 12.0 Å². The zero-order valence-corrected chi connectivity index (χ0v) is 12.9. The van der Waals surface area contributed by atoms with Gasteiger partial charge in [0.2, 0.25) is 5.91 Å². The van der Waals surface area contributed by atoms with Crippen LogP contribution in [0.15, 0.2) is 82.2 Å². The Hall–Kier alpha value is -3.05. The molecule has 0 aliphatic rings. The van der Waals surface area contributed by atoms with Crippen LogP contribution >= 0.6 is 0 Å². The number of furan rings is 2. The summed E-state index contributed by atoms with van der Waals surface area (Å²) in [6.07, 6.45) is 7.48. The van der Waals surface area contributed by atoms with Gasteiger partial charge in [-0.15, -0.1) is 0 Å². The topological polar surface area (TPSA) is 75.6 Å². The summed E-state index contributed by atoms with van der Waals surface area (Å²) in [6, 6.07) is 14.5. The largest absolute Gasteiger partial charge is 0.472 e. The Morgan fingerprint density at radius 1 is 1.12 bits per heavy atom. The van der Waals surface area contributed by atoms with Crippen LogP contribution in [-0.4, -0.2) is 17.6 Å². The number of carbonyl (C=O) groups is 1. The summed E-state index contributed by atoms with van der Waals surface area (Å²) in [5, 5.41) is 13.7. The lowest BCUT2D eigenvalue weighted by atomic mass is 9.93. The lowest BCUT2D eigenvalue weighted by Gasteiger charge is -2.24. The molecule has 0 aliphatic heterocycles. The average Bonchev–Trinajstić information content (AvgIpc) is 3.32. The number of benzene rings is 1. The third-order valence-electron chi connectivity index (χ3n) is 3.67. The third-order valence-corrected chi connectivity index (χ3v) is 3.67. The van der Waals surface area contributed by atoms with E-state index in [-0.39, 0.29) is 12.5 Å². The molecule has 1 unspecified atom stereocenters. The Labute approximate surface area is 139 Å². The molecule has 1 aromatic carbocycles. The van der Waals surface area contributed by atoms with Crippen molar-refractivity contribution in [2.45, 2.75) is 5.60 Å². The Bertz CT molecular complexity index is 755. The monoisotopic (exact) mass is 323 g/mol. The van der Waals surface area contributed by atoms with Gasteiger partial charge in [0, 0.05) is 11.6 Å². The van der Waals surface area contributed by atoms with Crippen molar-refractivity contribution < 1.29 is 18.7 Å². The Morgan fingerprint density at radius 2 is 1.96 bits per heavy atom. The number of hydrogen-bond donors (Lipinski definition) is 2. The van der Waals surface area contributed by atoms with Gasteiger partial charge in [0.15, 0.2) is 5.60 Å². The first kappa shape index (κ1) is 15.8. The predicted octanol–water partition coefficient (Wildman–Crippen LogP) is 2.94. The fourth-order valence-corrected chi connectivity index (χ4v) is 2.36. The number of carbonyl (C=O) groups excluding carboxylic acids is 1. The minimum absolute atomic E-state index is 0.0436. The molecule has 0 aliphatic carbocycles. The van der Waals surface area contributed by atoms with E-state index in [4.69, 9.17) is 8.83 Å². The van der Waals surface area contributed by atoms with Gasteiger partial charge in [-0.3, -0.25) is 4.79 Å². The molecule has 1 atom stereocenters. The Morgan fingerprint density at radius 3 is 2.62 bits per heavy atom. The molecule has 0 saturated heterocycles. The van der Waals surface area contributed by atoms with Crippen LogP contribution in [0.3, 0.4) is 0 Å². The molecule has 3 rings (SSSR count). The fourth-order valence-electron chi connectivity index (χ4n) is 2.36. The van der Waals surface area contributed by atoms with Crippen molar-refractivity contribution in [3.63, 3.8) is 0 Å². The first-order valence-corrected chi connectivity index (χ1v) is 7.48. The van der Waals surface area contributed by atoms with Gasteiger partial charge in [-0.2, -0.15) is 0 Å². The molecule has 0 spiro atoms. The van der Waals surface area contributed by atoms with E-state index in [0.29, 0.717) is 11.3 Å². The molecule has 24 heavy (non-hydrogen) atoms. The van der Waals surface area contributed by atoms with Gasteiger partial charge < -0.3 is 19.3 Å². The minimum atomic E-state index is -1.49. The summed E-state index contributed by atoms with van der Waals surface area (Å²) in [5.74, 6) is 0.0172. The first-order valence-electron chi connectivity index (χ1n) is 7.48. The van der Waals surface area contributed by atoms with E-state index in [1.165, 1.54) is 24.9 Å². The number of aliphatic hydroxyl groups is 1. The minimum Gasteiger partial charge on any atom is -0.472 e. The van der Waals surface area contributed by atoms with Crippen molar-refractivity contribution in [2.24, 2.45) is 0 Å². The summed E-state index contributed by atoms with van der Waals surface area (Å²) in [5.41, 5.74) is -0.0687. The first-order chi connectivity index (χ1) is 11.7. The number of amides is 1. The van der Waals surface area contributed by atoms with Crippen molar-refractivity contribution in [3.8, 4) is 0 Å². The van der Waals surface area contributed by atoms with E-state index >= 15 is 0 Å². The maximum Gasteiger partial charge on any atom is 0.244 e. The standard InChI is InChI=1S/C19H17NO4/c21-18(9-8-15-5-2-1-3-6-15)20-14-19(22,16-10-12-23-13-16)17-7-4-11-24-17/h1-13,22H,14H2,(H,20,21). The van der Waals surface area contributed by atoms with E-state index in [9.17, 15) is 9.90 Å². The molecule has 5 heteroatoms. The number of hydrogen-bond acceptors (Lipinski definition) is 4. The molecule has 1 amide bonds. The molecule has 0 radical (unpaired) electrons. The number of nitrogens with one attached hydrogen (secondary N) is 1. The lowest BCUT2D eigenvalue weighted by molar-refractivity contribution is -0.117. The van der Waals surface area contributed by atoms with Crippen LogP contribution in [-0.2, 0) is 10.4 Å². The van der Waals surface area contributed by atoms with Crippen LogP contribution in [0.1, 0.15) is 16.9 Å². The quantitative estimate of drug-likeness (QED) is 0.684. The Balaban J connectivity index is 1.71. The van der Waals surface area contributed by atoms with Crippen LogP contribution < -0.4 is 5.32 Å². The molecule has 122 valence electrons. The summed E-state index contributed by atoms with van der Waals surface area (Å²) in [6.45, 7) is -0.0436. The summed E-state index contributed by atoms with van der Waals surface area (Å²) in [4.78, 5) is 12.0. The fraction of sp³-hybridized carbons (Fsp3) is 0.105. The third kappa shape index (κ3) is 3.47. The molecule has 2 heterocycles. The summed E-state index contributed by atoms with van der Waals surface area (Å²) in [7, 11) is 0. The Kier molecular flexibility index (Phi) is 4.63. The average molecular weight is 323 g/mol. The zero-order valence-electron chi connectivity index (χ0n) is 12.9. The van der Waals surface area contributed by atoms with Gasteiger partial charge in [-0.25, -0.2) is 0 Å². The maximum atomic E-state index is 12.0. The molecule has 0 saturated carbocycles. The van der Waals surface area contributed by atoms with E-state index < -0.39 is 5.60 Å². The SMILES string of the molecule is O=C(C=Cc1ccccc1)NCC(O)(c1ccoc1)c1ccco1. The molecule has 0 fully saturated rings. The van der Waals surface area contributed by atoms with Gasteiger partial charge in [-0.05, 0) is 29.8 Å². The van der Waals surface area contributed by atoms with Crippen molar-refractivity contribution in [1.82, 2.24) is 5.32 Å². The molecular weight excluding hydrogens is 306 g/mol. The molecule has 2 N–H and O–H groups in total. The molecule has 3 aromatic rings. The van der Waals surface area contributed by atoms with Crippen LogP contribution in [0.25, 0.3) is 6.08 Å². The second-order valence-corrected chi connectivity index (χ2v) is 5.31. The summed E-state index contributed by atoms with van der Waals surface area (Å²) < 4.78 is 10.4. The molecule has 5 nitrogen and oxygen atoms in total. The van der Waals surface area contributed by atoms with Crippen LogP contribution in [0.2, 0.25) is 0 Å². The second-order valence-electron chi connectivity index (χ2n) is 5.31. The van der Waals surface area contributed by atoms with Crippen LogP contribution in [0, 0.1) is 0 Å². The summed E-state index contributed by atoms with van der Waals surface area (Å²) >= 11 is 0. The van der Waals surface area contributed by atoms with Crippen molar-refractivity contribution in [1.29, 1.82) is 0 Å². The molecule has 0 bridgehead atoms. The van der Waals surface area contributed by atoms with Crippen molar-refractivity contribution in [2.75, 3.05) is 6.54 Å². The highest BCUT2D eigenvalue weighted by Gasteiger charge is 2.35. The highest BCUT2D eigenvalue weighted by atomic mass is 16.4. The van der Waals surface area contributed by atoms with E-state index in [2.05, 4.69) is 5.32 Å². The van der Waals surface area contributed by atoms with Gasteiger partial charge in [0.25, 0.3) is 0 Å². The van der Waals surface area contributed by atoms with Crippen LogP contribution in [0.5, 0.6) is 0 Å². The van der Waals surface area contributed by atoms with Gasteiger partial charge in [0.1, 0.15) is 5.76 Å². The van der Waals surface area contributed by atoms with Gasteiger partial charge in [-0.1, -0.05) is 30.3 Å².